The summed E-state index contributed by atoms with van der Waals surface area (Å²) in [6.07, 6.45) is 0.964. The largest absolute Gasteiger partial charge is 0.355 e. The van der Waals surface area contributed by atoms with Gasteiger partial charge in [-0.05, 0) is 30.5 Å². The van der Waals surface area contributed by atoms with Gasteiger partial charge >= 0.3 is 0 Å². The quantitative estimate of drug-likeness (QED) is 0.807. The molecule has 0 saturated heterocycles. The minimum atomic E-state index is -0.268. The first-order valence-corrected chi connectivity index (χ1v) is 7.19. The molecule has 3 nitrogen and oxygen atoms in total. The van der Waals surface area contributed by atoms with Crippen molar-refractivity contribution in [3.05, 3.63) is 34.1 Å². The zero-order valence-corrected chi connectivity index (χ0v) is 12.9. The summed E-state index contributed by atoms with van der Waals surface area (Å²) in [4.78, 5) is 11.5. The van der Waals surface area contributed by atoms with E-state index in [4.69, 9.17) is 0 Å². The van der Waals surface area contributed by atoms with Crippen molar-refractivity contribution in [3.63, 3.8) is 0 Å². The van der Waals surface area contributed by atoms with Gasteiger partial charge in [0.2, 0.25) is 5.91 Å². The fourth-order valence-corrected chi connectivity index (χ4v) is 1.96. The molecule has 1 aromatic carbocycles. The second kappa shape index (κ2) is 8.27. The van der Waals surface area contributed by atoms with Gasteiger partial charge in [-0.25, -0.2) is 4.39 Å². The van der Waals surface area contributed by atoms with Crippen molar-refractivity contribution in [1.82, 2.24) is 10.6 Å². The van der Waals surface area contributed by atoms with Crippen molar-refractivity contribution in [2.24, 2.45) is 5.92 Å². The van der Waals surface area contributed by atoms with E-state index in [1.54, 1.807) is 12.1 Å². The molecule has 0 aliphatic heterocycles. The minimum Gasteiger partial charge on any atom is -0.355 e. The molecule has 1 aromatic rings. The Hall–Kier alpha value is -0.940. The molecule has 0 spiro atoms. The zero-order chi connectivity index (χ0) is 14.3. The summed E-state index contributed by atoms with van der Waals surface area (Å²) in [5, 5.41) is 5.76. The van der Waals surface area contributed by atoms with E-state index in [1.807, 2.05) is 0 Å². The Balaban J connectivity index is 2.26. The summed E-state index contributed by atoms with van der Waals surface area (Å²) in [6, 6.07) is 4.76. The highest BCUT2D eigenvalue weighted by Gasteiger charge is 2.04. The Kier molecular flexibility index (Phi) is 7.02. The number of benzene rings is 1. The number of halogens is 2. The summed E-state index contributed by atoms with van der Waals surface area (Å²) < 4.78 is 14.3. The average molecular weight is 331 g/mol. The maximum absolute atomic E-state index is 13.4. The fourth-order valence-electron chi connectivity index (χ4n) is 1.55. The van der Waals surface area contributed by atoms with E-state index in [2.05, 4.69) is 40.4 Å². The first-order valence-electron chi connectivity index (χ1n) is 6.40. The Morgan fingerprint density at radius 3 is 2.84 bits per heavy atom. The molecule has 0 bridgehead atoms. The zero-order valence-electron chi connectivity index (χ0n) is 11.3. The molecule has 0 heterocycles. The van der Waals surface area contributed by atoms with Crippen LogP contribution in [0.1, 0.15) is 25.8 Å². The lowest BCUT2D eigenvalue weighted by atomic mass is 10.1. The number of nitrogens with one attached hydrogen (secondary N) is 2. The average Bonchev–Trinajstić information content (AvgIpc) is 2.33. The molecule has 2 N–H and O–H groups in total. The van der Waals surface area contributed by atoms with Crippen LogP contribution in [0.15, 0.2) is 22.7 Å². The molecule has 0 atom stereocenters. The van der Waals surface area contributed by atoms with Crippen molar-refractivity contribution in [3.8, 4) is 0 Å². The Labute approximate surface area is 122 Å². The number of carbonyl (C=O) groups is 1. The molecule has 0 aliphatic rings. The third-order valence-electron chi connectivity index (χ3n) is 2.65. The predicted octanol–water partition coefficient (Wildman–Crippen LogP) is 2.84. The van der Waals surface area contributed by atoms with E-state index < -0.39 is 0 Å². The molecule has 5 heteroatoms. The molecule has 0 fully saturated rings. The van der Waals surface area contributed by atoms with Crippen LogP contribution in [0.4, 0.5) is 4.39 Å². The summed E-state index contributed by atoms with van der Waals surface area (Å²) in [5.41, 5.74) is 0.546. The maximum Gasteiger partial charge on any atom is 0.233 e. The van der Waals surface area contributed by atoms with Gasteiger partial charge in [-0.15, -0.1) is 0 Å². The number of hydrogen-bond donors (Lipinski definition) is 2. The first-order chi connectivity index (χ1) is 8.99. The number of rotatable bonds is 7. The predicted molar refractivity (Wildman–Crippen MR) is 78.3 cm³/mol. The normalized spacial score (nSPS) is 10.8. The Morgan fingerprint density at radius 2 is 2.16 bits per heavy atom. The molecule has 0 saturated carbocycles. The van der Waals surface area contributed by atoms with Gasteiger partial charge in [-0.1, -0.05) is 29.8 Å². The van der Waals surface area contributed by atoms with Gasteiger partial charge in [-0.3, -0.25) is 4.79 Å². The highest BCUT2D eigenvalue weighted by atomic mass is 79.9. The topological polar surface area (TPSA) is 41.1 Å². The summed E-state index contributed by atoms with van der Waals surface area (Å²) >= 11 is 3.29. The molecule has 0 unspecified atom stereocenters. The van der Waals surface area contributed by atoms with Gasteiger partial charge in [0, 0.05) is 23.1 Å². The first kappa shape index (κ1) is 16.1. The summed E-state index contributed by atoms with van der Waals surface area (Å²) in [5.74, 6) is 0.246. The van der Waals surface area contributed by atoms with E-state index >= 15 is 0 Å². The van der Waals surface area contributed by atoms with Crippen LogP contribution in [0.5, 0.6) is 0 Å². The molecule has 1 amide bonds. The standard InChI is InChI=1S/C14H20BrFN2O/c1-10(2)5-6-18-14(19)9-17-8-11-7-12(15)3-4-13(11)16/h3-4,7,10,17H,5-6,8-9H2,1-2H3,(H,18,19). The van der Waals surface area contributed by atoms with Crippen LogP contribution in [-0.2, 0) is 11.3 Å². The van der Waals surface area contributed by atoms with Gasteiger partial charge in [0.15, 0.2) is 0 Å². The van der Waals surface area contributed by atoms with E-state index in [-0.39, 0.29) is 18.3 Å². The molecule has 1 rings (SSSR count). The molecule has 0 radical (unpaired) electrons. The number of hydrogen-bond acceptors (Lipinski definition) is 2. The Bertz CT molecular complexity index is 424. The van der Waals surface area contributed by atoms with Crippen LogP contribution in [0.3, 0.4) is 0 Å². The second-order valence-corrected chi connectivity index (χ2v) is 5.79. The third-order valence-corrected chi connectivity index (χ3v) is 3.15. The third kappa shape index (κ3) is 6.68. The molecular weight excluding hydrogens is 311 g/mol. The van der Waals surface area contributed by atoms with Crippen LogP contribution in [0.25, 0.3) is 0 Å². The highest BCUT2D eigenvalue weighted by molar-refractivity contribution is 9.10. The smallest absolute Gasteiger partial charge is 0.233 e. The van der Waals surface area contributed by atoms with Crippen molar-refractivity contribution in [2.45, 2.75) is 26.8 Å². The Morgan fingerprint density at radius 1 is 1.42 bits per heavy atom. The van der Waals surface area contributed by atoms with E-state index in [0.717, 1.165) is 10.9 Å². The molecule has 19 heavy (non-hydrogen) atoms. The highest BCUT2D eigenvalue weighted by Crippen LogP contribution is 2.15. The maximum atomic E-state index is 13.4. The van der Waals surface area contributed by atoms with Crippen molar-refractivity contribution < 1.29 is 9.18 Å². The lowest BCUT2D eigenvalue weighted by Gasteiger charge is -2.09. The lowest BCUT2D eigenvalue weighted by Crippen LogP contribution is -2.34. The minimum absolute atomic E-state index is 0.0592. The monoisotopic (exact) mass is 330 g/mol. The fraction of sp³-hybridized carbons (Fsp3) is 0.500. The van der Waals surface area contributed by atoms with Crippen molar-refractivity contribution >= 4 is 21.8 Å². The van der Waals surface area contributed by atoms with Crippen LogP contribution in [0.2, 0.25) is 0 Å². The van der Waals surface area contributed by atoms with Gasteiger partial charge in [0.25, 0.3) is 0 Å². The van der Waals surface area contributed by atoms with Crippen LogP contribution in [-0.4, -0.2) is 19.0 Å². The number of carbonyl (C=O) groups excluding carboxylic acids is 1. The summed E-state index contributed by atoms with van der Waals surface area (Å²) in [6.45, 7) is 5.44. The van der Waals surface area contributed by atoms with Gasteiger partial charge in [0.05, 0.1) is 6.54 Å². The van der Waals surface area contributed by atoms with Crippen LogP contribution < -0.4 is 10.6 Å². The number of amides is 1. The lowest BCUT2D eigenvalue weighted by molar-refractivity contribution is -0.120. The van der Waals surface area contributed by atoms with Crippen molar-refractivity contribution in [2.75, 3.05) is 13.1 Å². The summed E-state index contributed by atoms with van der Waals surface area (Å²) in [7, 11) is 0. The van der Waals surface area contributed by atoms with Gasteiger partial charge in [-0.2, -0.15) is 0 Å². The van der Waals surface area contributed by atoms with Crippen LogP contribution >= 0.6 is 15.9 Å². The van der Waals surface area contributed by atoms with Crippen molar-refractivity contribution in [1.29, 1.82) is 0 Å². The molecule has 106 valence electrons. The van der Waals surface area contributed by atoms with E-state index in [1.165, 1.54) is 6.07 Å². The SMILES string of the molecule is CC(C)CCNC(=O)CNCc1cc(Br)ccc1F. The molecular formula is C14H20BrFN2O. The van der Waals surface area contributed by atoms with Gasteiger partial charge in [0.1, 0.15) is 5.82 Å². The van der Waals surface area contributed by atoms with E-state index in [0.29, 0.717) is 24.6 Å². The van der Waals surface area contributed by atoms with E-state index in [9.17, 15) is 9.18 Å². The second-order valence-electron chi connectivity index (χ2n) is 4.87. The molecule has 0 aromatic heterocycles. The van der Waals surface area contributed by atoms with Crippen LogP contribution in [0, 0.1) is 11.7 Å². The molecule has 0 aliphatic carbocycles. The van der Waals surface area contributed by atoms with Gasteiger partial charge < -0.3 is 10.6 Å².